The Morgan fingerprint density at radius 2 is 2.06 bits per heavy atom. The highest BCUT2D eigenvalue weighted by molar-refractivity contribution is 5.71. The van der Waals surface area contributed by atoms with Gasteiger partial charge in [0.25, 0.3) is 0 Å². The molecular formula is C13H18FNO3. The number of esters is 1. The van der Waals surface area contributed by atoms with Crippen molar-refractivity contribution in [1.29, 1.82) is 0 Å². The molecule has 5 heteroatoms. The fraction of sp³-hybridized carbons (Fsp3) is 0.462. The van der Waals surface area contributed by atoms with E-state index < -0.39 is 17.4 Å². The maximum Gasteiger partial charge on any atom is 0.344 e. The van der Waals surface area contributed by atoms with Crippen LogP contribution in [-0.4, -0.2) is 18.2 Å². The Morgan fingerprint density at radius 3 is 2.56 bits per heavy atom. The molecule has 0 unspecified atom stereocenters. The van der Waals surface area contributed by atoms with Crippen molar-refractivity contribution < 1.29 is 18.7 Å². The maximum absolute atomic E-state index is 13.5. The average Bonchev–Trinajstić information content (AvgIpc) is 2.25. The van der Waals surface area contributed by atoms with E-state index in [4.69, 9.17) is 15.2 Å². The first-order chi connectivity index (χ1) is 8.31. The summed E-state index contributed by atoms with van der Waals surface area (Å²) in [6.45, 7) is 5.18. The van der Waals surface area contributed by atoms with Crippen LogP contribution in [0.3, 0.4) is 0 Å². The van der Waals surface area contributed by atoms with E-state index in [0.717, 1.165) is 0 Å². The minimum atomic E-state index is -0.581. The van der Waals surface area contributed by atoms with Crippen molar-refractivity contribution in [3.8, 4) is 5.75 Å². The van der Waals surface area contributed by atoms with Gasteiger partial charge in [-0.3, -0.25) is 0 Å². The SMILES string of the molecule is CC(C)(C)OC(=O)COc1ccc(CN)cc1F. The van der Waals surface area contributed by atoms with Crippen LogP contribution in [-0.2, 0) is 16.1 Å². The monoisotopic (exact) mass is 255 g/mol. The van der Waals surface area contributed by atoms with Crippen LogP contribution in [0.2, 0.25) is 0 Å². The van der Waals surface area contributed by atoms with Crippen LogP contribution < -0.4 is 10.5 Å². The van der Waals surface area contributed by atoms with Gasteiger partial charge in [-0.2, -0.15) is 0 Å². The van der Waals surface area contributed by atoms with Crippen molar-refractivity contribution in [3.05, 3.63) is 29.6 Å². The number of hydrogen-bond acceptors (Lipinski definition) is 4. The van der Waals surface area contributed by atoms with Gasteiger partial charge < -0.3 is 15.2 Å². The first-order valence-corrected chi connectivity index (χ1v) is 5.65. The molecule has 1 rings (SSSR count). The third kappa shape index (κ3) is 4.71. The normalized spacial score (nSPS) is 11.2. The van der Waals surface area contributed by atoms with E-state index in [1.807, 2.05) is 0 Å². The van der Waals surface area contributed by atoms with Gasteiger partial charge in [-0.15, -0.1) is 0 Å². The van der Waals surface area contributed by atoms with Crippen molar-refractivity contribution in [2.24, 2.45) is 5.73 Å². The van der Waals surface area contributed by atoms with Crippen molar-refractivity contribution in [2.45, 2.75) is 32.9 Å². The lowest BCUT2D eigenvalue weighted by Gasteiger charge is -2.19. The summed E-state index contributed by atoms with van der Waals surface area (Å²) in [5, 5.41) is 0. The molecule has 0 aliphatic carbocycles. The minimum absolute atomic E-state index is 0.0121. The van der Waals surface area contributed by atoms with E-state index in [1.165, 1.54) is 12.1 Å². The van der Waals surface area contributed by atoms with E-state index >= 15 is 0 Å². The Kier molecular flexibility index (Phi) is 4.67. The molecular weight excluding hydrogens is 237 g/mol. The van der Waals surface area contributed by atoms with Gasteiger partial charge in [0.05, 0.1) is 0 Å². The van der Waals surface area contributed by atoms with Gasteiger partial charge in [0.2, 0.25) is 0 Å². The molecule has 0 saturated heterocycles. The van der Waals surface area contributed by atoms with Gasteiger partial charge in [-0.1, -0.05) is 6.07 Å². The van der Waals surface area contributed by atoms with E-state index in [-0.39, 0.29) is 18.9 Å². The first-order valence-electron chi connectivity index (χ1n) is 5.65. The molecule has 0 aromatic heterocycles. The summed E-state index contributed by atoms with van der Waals surface area (Å²) in [4.78, 5) is 11.4. The van der Waals surface area contributed by atoms with Crippen molar-refractivity contribution >= 4 is 5.97 Å². The number of ether oxygens (including phenoxy) is 2. The van der Waals surface area contributed by atoms with Crippen LogP contribution in [0.1, 0.15) is 26.3 Å². The van der Waals surface area contributed by atoms with Gasteiger partial charge in [-0.05, 0) is 38.5 Å². The minimum Gasteiger partial charge on any atom is -0.479 e. The Balaban J connectivity index is 2.56. The predicted octanol–water partition coefficient (Wildman–Crippen LogP) is 2.00. The number of benzene rings is 1. The van der Waals surface area contributed by atoms with E-state index in [2.05, 4.69) is 0 Å². The molecule has 0 amide bonds. The second-order valence-electron chi connectivity index (χ2n) is 4.84. The number of halogens is 1. The third-order valence-corrected chi connectivity index (χ3v) is 2.00. The zero-order chi connectivity index (χ0) is 13.8. The fourth-order valence-corrected chi connectivity index (χ4v) is 1.30. The van der Waals surface area contributed by atoms with Crippen molar-refractivity contribution in [3.63, 3.8) is 0 Å². The summed E-state index contributed by atoms with van der Waals surface area (Å²) in [7, 11) is 0. The first kappa shape index (κ1) is 14.4. The summed E-state index contributed by atoms with van der Waals surface area (Å²) >= 11 is 0. The highest BCUT2D eigenvalue weighted by atomic mass is 19.1. The summed E-state index contributed by atoms with van der Waals surface area (Å²) in [5.41, 5.74) is 5.46. The van der Waals surface area contributed by atoms with E-state index in [9.17, 15) is 9.18 Å². The molecule has 1 aromatic carbocycles. The highest BCUT2D eigenvalue weighted by Crippen LogP contribution is 2.18. The van der Waals surface area contributed by atoms with Crippen LogP contribution in [0.4, 0.5) is 4.39 Å². The van der Waals surface area contributed by atoms with Crippen LogP contribution >= 0.6 is 0 Å². The Morgan fingerprint density at radius 1 is 1.39 bits per heavy atom. The lowest BCUT2D eigenvalue weighted by atomic mass is 10.2. The second-order valence-corrected chi connectivity index (χ2v) is 4.84. The lowest BCUT2D eigenvalue weighted by molar-refractivity contribution is -0.157. The van der Waals surface area contributed by atoms with Gasteiger partial charge in [-0.25, -0.2) is 9.18 Å². The van der Waals surface area contributed by atoms with Gasteiger partial charge in [0.15, 0.2) is 18.2 Å². The standard InChI is InChI=1S/C13H18FNO3/c1-13(2,3)18-12(16)8-17-11-5-4-9(7-15)6-10(11)14/h4-6H,7-8,15H2,1-3H3. The van der Waals surface area contributed by atoms with Gasteiger partial charge >= 0.3 is 5.97 Å². The molecule has 0 bridgehead atoms. The smallest absolute Gasteiger partial charge is 0.344 e. The molecule has 100 valence electrons. The number of hydrogen-bond donors (Lipinski definition) is 1. The lowest BCUT2D eigenvalue weighted by Crippen LogP contribution is -2.27. The molecule has 0 fully saturated rings. The number of nitrogens with two attached hydrogens (primary N) is 1. The topological polar surface area (TPSA) is 61.5 Å². The average molecular weight is 255 g/mol. The number of carbonyl (C=O) groups is 1. The molecule has 0 aliphatic heterocycles. The molecule has 18 heavy (non-hydrogen) atoms. The molecule has 0 aliphatic rings. The highest BCUT2D eigenvalue weighted by Gasteiger charge is 2.17. The van der Waals surface area contributed by atoms with Crippen LogP contribution in [0, 0.1) is 5.82 Å². The summed E-state index contributed by atoms with van der Waals surface area (Å²) < 4.78 is 23.6. The van der Waals surface area contributed by atoms with Crippen molar-refractivity contribution in [1.82, 2.24) is 0 Å². The molecule has 4 nitrogen and oxygen atoms in total. The zero-order valence-corrected chi connectivity index (χ0v) is 10.8. The molecule has 0 atom stereocenters. The predicted molar refractivity (Wildman–Crippen MR) is 65.6 cm³/mol. The number of carbonyl (C=O) groups excluding carboxylic acids is 1. The maximum atomic E-state index is 13.5. The Hall–Kier alpha value is -1.62. The zero-order valence-electron chi connectivity index (χ0n) is 10.8. The quantitative estimate of drug-likeness (QED) is 0.836. The molecule has 0 heterocycles. The van der Waals surface area contributed by atoms with E-state index in [0.29, 0.717) is 5.56 Å². The Labute approximate surface area is 106 Å². The second kappa shape index (κ2) is 5.82. The third-order valence-electron chi connectivity index (χ3n) is 2.00. The van der Waals surface area contributed by atoms with Crippen LogP contribution in [0.25, 0.3) is 0 Å². The van der Waals surface area contributed by atoms with Gasteiger partial charge in [0, 0.05) is 6.54 Å². The summed E-state index contributed by atoms with van der Waals surface area (Å²) in [6, 6.07) is 4.37. The summed E-state index contributed by atoms with van der Waals surface area (Å²) in [5.74, 6) is -1.07. The molecule has 1 aromatic rings. The molecule has 0 spiro atoms. The number of rotatable bonds is 4. The molecule has 0 saturated carbocycles. The van der Waals surface area contributed by atoms with Crippen LogP contribution in [0.5, 0.6) is 5.75 Å². The fourth-order valence-electron chi connectivity index (χ4n) is 1.30. The largest absolute Gasteiger partial charge is 0.479 e. The van der Waals surface area contributed by atoms with Crippen molar-refractivity contribution in [2.75, 3.05) is 6.61 Å². The van der Waals surface area contributed by atoms with Crippen LogP contribution in [0.15, 0.2) is 18.2 Å². The summed E-state index contributed by atoms with van der Waals surface area (Å²) in [6.07, 6.45) is 0. The Bertz CT molecular complexity index is 427. The van der Waals surface area contributed by atoms with E-state index in [1.54, 1.807) is 26.8 Å². The molecule has 0 radical (unpaired) electrons. The molecule has 2 N–H and O–H groups in total. The van der Waals surface area contributed by atoms with Gasteiger partial charge in [0.1, 0.15) is 5.60 Å².